The highest BCUT2D eigenvalue weighted by Crippen LogP contribution is 2.36. The van der Waals surface area contributed by atoms with Gasteiger partial charge in [0.15, 0.2) is 4.91 Å². The van der Waals surface area contributed by atoms with Crippen LogP contribution in [0.25, 0.3) is 0 Å². The molecule has 0 aromatic heterocycles. The molecule has 7 heteroatoms. The second kappa shape index (κ2) is 8.51. The summed E-state index contributed by atoms with van der Waals surface area (Å²) in [6, 6.07) is 19.9. The summed E-state index contributed by atoms with van der Waals surface area (Å²) in [6.07, 6.45) is 1.26. The molecule has 6 nitrogen and oxygen atoms in total. The maximum Gasteiger partial charge on any atom is 0.270 e. The molecule has 0 fully saturated rings. The van der Waals surface area contributed by atoms with E-state index >= 15 is 0 Å². The number of nitrogens with zero attached hydrogens (tertiary/aromatic N) is 1. The van der Waals surface area contributed by atoms with E-state index < -0.39 is 15.8 Å². The summed E-state index contributed by atoms with van der Waals surface area (Å²) in [5, 5.41) is 2.97. The summed E-state index contributed by atoms with van der Waals surface area (Å²) in [4.78, 5) is 12.9. The number of hydrogen-bond donors (Lipinski definition) is 1. The summed E-state index contributed by atoms with van der Waals surface area (Å²) in [5.74, 6) is 0.00453. The topological polar surface area (TPSA) is 75.7 Å². The van der Waals surface area contributed by atoms with Crippen LogP contribution >= 0.6 is 0 Å². The predicted octanol–water partition coefficient (Wildman–Crippen LogP) is 4.80. The quantitative estimate of drug-likeness (QED) is 0.568. The summed E-state index contributed by atoms with van der Waals surface area (Å²) in [7, 11) is -2.56. The number of carbonyl (C=O) groups is 1. The Morgan fingerprint density at radius 3 is 2.38 bits per heavy atom. The first-order valence-electron chi connectivity index (χ1n) is 10.1. The molecule has 0 aliphatic carbocycles. The molecule has 32 heavy (non-hydrogen) atoms. The van der Waals surface area contributed by atoms with Crippen molar-refractivity contribution in [3.63, 3.8) is 0 Å². The number of anilines is 2. The minimum atomic E-state index is -4.09. The summed E-state index contributed by atoms with van der Waals surface area (Å²) in [5.41, 5.74) is 4.18. The lowest BCUT2D eigenvalue weighted by Crippen LogP contribution is -2.39. The van der Waals surface area contributed by atoms with Crippen LogP contribution in [0.15, 0.2) is 77.8 Å². The third-order valence-corrected chi connectivity index (χ3v) is 7.13. The minimum Gasteiger partial charge on any atom is -0.495 e. The normalized spacial score (nSPS) is 16.0. The van der Waals surface area contributed by atoms with Gasteiger partial charge in [-0.1, -0.05) is 48.0 Å². The van der Waals surface area contributed by atoms with Crippen molar-refractivity contribution >= 4 is 27.2 Å². The van der Waals surface area contributed by atoms with E-state index in [-0.39, 0.29) is 11.4 Å². The van der Waals surface area contributed by atoms with Crippen molar-refractivity contribution in [2.75, 3.05) is 16.7 Å². The van der Waals surface area contributed by atoms with Gasteiger partial charge in [-0.05, 0) is 49.2 Å². The van der Waals surface area contributed by atoms with E-state index in [0.29, 0.717) is 22.7 Å². The van der Waals surface area contributed by atoms with Gasteiger partial charge >= 0.3 is 0 Å². The first-order valence-corrected chi connectivity index (χ1v) is 11.6. The number of benzene rings is 3. The molecule has 1 aliphatic rings. The molecule has 3 aromatic rings. The Balaban J connectivity index is 1.78. The van der Waals surface area contributed by atoms with Crippen LogP contribution in [0.4, 0.5) is 11.4 Å². The molecule has 0 spiro atoms. The lowest BCUT2D eigenvalue weighted by atomic mass is 10.1. The SMILES string of the molecule is COc1ccc(C)cc1NC=C1C(=O)c2ccccc2N(Cc2ccc(C)cc2)S1(=O)=O. The van der Waals surface area contributed by atoms with Gasteiger partial charge in [-0.3, -0.25) is 9.10 Å². The zero-order valence-corrected chi connectivity index (χ0v) is 18.9. The van der Waals surface area contributed by atoms with Gasteiger partial charge in [0.1, 0.15) is 5.75 Å². The Hall–Kier alpha value is -3.58. The van der Waals surface area contributed by atoms with E-state index in [4.69, 9.17) is 4.74 Å². The van der Waals surface area contributed by atoms with E-state index in [2.05, 4.69) is 5.32 Å². The average Bonchev–Trinajstić information content (AvgIpc) is 2.78. The highest BCUT2D eigenvalue weighted by Gasteiger charge is 2.40. The summed E-state index contributed by atoms with van der Waals surface area (Å²) in [6.45, 7) is 4.01. The smallest absolute Gasteiger partial charge is 0.270 e. The number of carbonyl (C=O) groups excluding carboxylic acids is 1. The van der Waals surface area contributed by atoms with Crippen molar-refractivity contribution in [1.29, 1.82) is 0 Å². The van der Waals surface area contributed by atoms with E-state index in [1.165, 1.54) is 17.6 Å². The van der Waals surface area contributed by atoms with Gasteiger partial charge in [-0.15, -0.1) is 0 Å². The number of allylic oxidation sites excluding steroid dienone is 1. The highest BCUT2D eigenvalue weighted by atomic mass is 32.2. The fourth-order valence-electron chi connectivity index (χ4n) is 3.63. The van der Waals surface area contributed by atoms with Crippen molar-refractivity contribution < 1.29 is 17.9 Å². The molecule has 3 aromatic carbocycles. The zero-order valence-electron chi connectivity index (χ0n) is 18.1. The molecule has 1 aliphatic heterocycles. The molecule has 0 saturated heterocycles. The maximum absolute atomic E-state index is 13.6. The van der Waals surface area contributed by atoms with Crippen LogP contribution in [-0.4, -0.2) is 21.3 Å². The van der Waals surface area contributed by atoms with E-state index in [0.717, 1.165) is 16.7 Å². The number of rotatable bonds is 5. The number of methoxy groups -OCH3 is 1. The van der Waals surface area contributed by atoms with Gasteiger partial charge < -0.3 is 10.1 Å². The number of sulfonamides is 1. The number of para-hydroxylation sites is 1. The zero-order chi connectivity index (χ0) is 22.9. The Bertz CT molecular complexity index is 1310. The van der Waals surface area contributed by atoms with Crippen LogP contribution in [0.3, 0.4) is 0 Å². The number of hydrogen-bond acceptors (Lipinski definition) is 5. The Kier molecular flexibility index (Phi) is 5.76. The predicted molar refractivity (Wildman–Crippen MR) is 126 cm³/mol. The Labute approximate surface area is 188 Å². The van der Waals surface area contributed by atoms with Crippen molar-refractivity contribution in [3.8, 4) is 5.75 Å². The summed E-state index contributed by atoms with van der Waals surface area (Å²) < 4.78 is 33.8. The van der Waals surface area contributed by atoms with E-state index in [1.54, 1.807) is 30.3 Å². The molecule has 0 amide bonds. The van der Waals surface area contributed by atoms with Gasteiger partial charge in [0, 0.05) is 11.8 Å². The van der Waals surface area contributed by atoms with Crippen molar-refractivity contribution in [1.82, 2.24) is 0 Å². The lowest BCUT2D eigenvalue weighted by molar-refractivity contribution is 0.104. The molecule has 4 rings (SSSR count). The number of Topliss-reactive ketones (excluding diaryl/α,β-unsaturated/α-hetero) is 1. The first-order chi connectivity index (χ1) is 15.3. The number of ether oxygens (including phenoxy) is 1. The number of fused-ring (bicyclic) bond motifs is 1. The average molecular weight is 449 g/mol. The minimum absolute atomic E-state index is 0.123. The molecular formula is C25H24N2O4S. The number of nitrogens with one attached hydrogen (secondary N) is 1. The van der Waals surface area contributed by atoms with Crippen LogP contribution in [0.2, 0.25) is 0 Å². The molecule has 0 saturated carbocycles. The summed E-state index contributed by atoms with van der Waals surface area (Å²) >= 11 is 0. The number of aryl methyl sites for hydroxylation is 2. The molecule has 1 N–H and O–H groups in total. The standard InChI is InChI=1S/C25H24N2O4S/c1-17-8-11-19(12-9-17)16-27-22-7-5-4-6-20(22)25(28)24(32(27,29)30)15-26-21-14-18(2)10-13-23(21)31-3/h4-15,26H,16H2,1-3H3. The van der Waals surface area contributed by atoms with Crippen LogP contribution in [0.5, 0.6) is 5.75 Å². The third kappa shape index (κ3) is 3.99. The molecular weight excluding hydrogens is 424 g/mol. The lowest BCUT2D eigenvalue weighted by Gasteiger charge is -2.31. The second-order valence-electron chi connectivity index (χ2n) is 7.70. The Morgan fingerprint density at radius 1 is 0.969 bits per heavy atom. The van der Waals surface area contributed by atoms with Gasteiger partial charge in [0.25, 0.3) is 10.0 Å². The highest BCUT2D eigenvalue weighted by molar-refractivity contribution is 7.97. The molecule has 0 atom stereocenters. The van der Waals surface area contributed by atoms with Crippen LogP contribution in [-0.2, 0) is 16.6 Å². The van der Waals surface area contributed by atoms with Gasteiger partial charge in [0.2, 0.25) is 5.78 Å². The van der Waals surface area contributed by atoms with Gasteiger partial charge in [-0.2, -0.15) is 0 Å². The third-order valence-electron chi connectivity index (χ3n) is 5.37. The van der Waals surface area contributed by atoms with E-state index in [9.17, 15) is 13.2 Å². The molecule has 0 radical (unpaired) electrons. The van der Waals surface area contributed by atoms with Crippen molar-refractivity contribution in [2.24, 2.45) is 0 Å². The first kappa shape index (κ1) is 21.6. The Morgan fingerprint density at radius 2 is 1.66 bits per heavy atom. The monoisotopic (exact) mass is 448 g/mol. The largest absolute Gasteiger partial charge is 0.495 e. The van der Waals surface area contributed by atoms with E-state index in [1.807, 2.05) is 50.2 Å². The van der Waals surface area contributed by atoms with Crippen LogP contribution in [0.1, 0.15) is 27.0 Å². The van der Waals surface area contributed by atoms with Crippen LogP contribution in [0, 0.1) is 13.8 Å². The molecule has 0 bridgehead atoms. The fraction of sp³-hybridized carbons (Fsp3) is 0.160. The fourth-order valence-corrected chi connectivity index (χ4v) is 5.16. The molecule has 1 heterocycles. The second-order valence-corrected chi connectivity index (χ2v) is 9.53. The molecule has 164 valence electrons. The van der Waals surface area contributed by atoms with Gasteiger partial charge in [0.05, 0.1) is 25.0 Å². The van der Waals surface area contributed by atoms with Crippen molar-refractivity contribution in [2.45, 2.75) is 20.4 Å². The van der Waals surface area contributed by atoms with Crippen LogP contribution < -0.4 is 14.4 Å². The maximum atomic E-state index is 13.6. The van der Waals surface area contributed by atoms with Gasteiger partial charge in [-0.25, -0.2) is 8.42 Å². The van der Waals surface area contributed by atoms with Crippen molar-refractivity contribution in [3.05, 3.63) is 100 Å². The molecule has 0 unspecified atom stereocenters. The number of ketones is 1.